The van der Waals surface area contributed by atoms with Gasteiger partial charge in [-0.05, 0) is 42.5 Å². The molecule has 7 nitrogen and oxygen atoms in total. The molecule has 0 aromatic heterocycles. The molecular formula is C24H18O7. The average molecular weight is 418 g/mol. The number of hydrogen-bond acceptors (Lipinski definition) is 7. The van der Waals surface area contributed by atoms with E-state index < -0.39 is 28.9 Å². The largest absolute Gasteiger partial charge is 0.507 e. The summed E-state index contributed by atoms with van der Waals surface area (Å²) in [5.41, 5.74) is -0.338. The van der Waals surface area contributed by atoms with Crippen molar-refractivity contribution in [1.82, 2.24) is 0 Å². The third kappa shape index (κ3) is 4.51. The van der Waals surface area contributed by atoms with Gasteiger partial charge in [0.25, 0.3) is 0 Å². The molecule has 0 heterocycles. The molecule has 0 fully saturated rings. The smallest absolute Gasteiger partial charge is 0.237 e. The Labute approximate surface area is 177 Å². The molecule has 0 aliphatic heterocycles. The van der Waals surface area contributed by atoms with E-state index in [0.717, 1.165) is 12.1 Å². The Morgan fingerprint density at radius 3 is 1.55 bits per heavy atom. The Balaban J connectivity index is 1.91. The lowest BCUT2D eigenvalue weighted by atomic mass is 9.95. The van der Waals surface area contributed by atoms with E-state index in [9.17, 15) is 24.3 Å². The van der Waals surface area contributed by atoms with E-state index in [2.05, 4.69) is 0 Å². The van der Waals surface area contributed by atoms with Gasteiger partial charge in [-0.15, -0.1) is 0 Å². The van der Waals surface area contributed by atoms with Crippen LogP contribution in [0.15, 0.2) is 66.7 Å². The van der Waals surface area contributed by atoms with Crippen LogP contribution < -0.4 is 9.47 Å². The molecule has 7 heteroatoms. The summed E-state index contributed by atoms with van der Waals surface area (Å²) in [6, 6.07) is 15.4. The van der Waals surface area contributed by atoms with Gasteiger partial charge in [-0.25, -0.2) is 0 Å². The highest BCUT2D eigenvalue weighted by atomic mass is 16.5. The lowest BCUT2D eigenvalue weighted by Crippen LogP contribution is -2.18. The van der Waals surface area contributed by atoms with Crippen molar-refractivity contribution >= 4 is 23.1 Å². The highest BCUT2D eigenvalue weighted by molar-refractivity contribution is 6.51. The van der Waals surface area contributed by atoms with E-state index in [1.54, 1.807) is 24.3 Å². The standard InChI is InChI=1S/C24H18O7/c1-30-17-7-3-5-14(11-17)21(26)22(27)16-9-10-20(25)19(13-16)24(29)23(28)15-6-4-8-18(12-15)31-2/h3-13,25H,1-2H3. The van der Waals surface area contributed by atoms with Gasteiger partial charge in [0.2, 0.25) is 23.1 Å². The molecule has 3 aromatic carbocycles. The number of aromatic hydroxyl groups is 1. The van der Waals surface area contributed by atoms with Crippen LogP contribution in [0.25, 0.3) is 0 Å². The summed E-state index contributed by atoms with van der Waals surface area (Å²) in [6.45, 7) is 0. The normalized spacial score (nSPS) is 10.3. The zero-order valence-electron chi connectivity index (χ0n) is 16.7. The number of phenols is 1. The monoisotopic (exact) mass is 418 g/mol. The molecule has 0 unspecified atom stereocenters. The van der Waals surface area contributed by atoms with Gasteiger partial charge in [0.1, 0.15) is 17.2 Å². The van der Waals surface area contributed by atoms with Gasteiger partial charge in [-0.2, -0.15) is 0 Å². The lowest BCUT2D eigenvalue weighted by molar-refractivity contribution is 0.0811. The first-order valence-corrected chi connectivity index (χ1v) is 9.15. The van der Waals surface area contributed by atoms with Crippen LogP contribution in [-0.2, 0) is 0 Å². The van der Waals surface area contributed by atoms with Gasteiger partial charge in [-0.3, -0.25) is 19.2 Å². The van der Waals surface area contributed by atoms with E-state index in [-0.39, 0.29) is 22.3 Å². The topological polar surface area (TPSA) is 107 Å². The summed E-state index contributed by atoms with van der Waals surface area (Å²) in [6.07, 6.45) is 0. The van der Waals surface area contributed by atoms with Crippen molar-refractivity contribution in [2.24, 2.45) is 0 Å². The van der Waals surface area contributed by atoms with Crippen molar-refractivity contribution in [3.63, 3.8) is 0 Å². The second kappa shape index (κ2) is 9.04. The van der Waals surface area contributed by atoms with Gasteiger partial charge in [0.15, 0.2) is 0 Å². The maximum Gasteiger partial charge on any atom is 0.237 e. The molecule has 0 saturated carbocycles. The molecule has 0 radical (unpaired) electrons. The first kappa shape index (κ1) is 21.4. The van der Waals surface area contributed by atoms with Gasteiger partial charge in [0, 0.05) is 16.7 Å². The van der Waals surface area contributed by atoms with Crippen LogP contribution in [0.5, 0.6) is 17.2 Å². The van der Waals surface area contributed by atoms with Gasteiger partial charge >= 0.3 is 0 Å². The van der Waals surface area contributed by atoms with E-state index >= 15 is 0 Å². The Bertz CT molecular complexity index is 1190. The fourth-order valence-corrected chi connectivity index (χ4v) is 2.90. The number of rotatable bonds is 8. The number of carbonyl (C=O) groups is 4. The number of benzene rings is 3. The minimum absolute atomic E-state index is 0.0629. The first-order chi connectivity index (χ1) is 14.8. The molecule has 1 N–H and O–H groups in total. The van der Waals surface area contributed by atoms with Gasteiger partial charge in [0.05, 0.1) is 19.8 Å². The molecule has 0 bridgehead atoms. The zero-order valence-corrected chi connectivity index (χ0v) is 16.7. The van der Waals surface area contributed by atoms with E-state index in [4.69, 9.17) is 9.47 Å². The second-order valence-corrected chi connectivity index (χ2v) is 6.51. The number of phenolic OH excluding ortho intramolecular Hbond substituents is 1. The quantitative estimate of drug-likeness (QED) is 0.440. The van der Waals surface area contributed by atoms with Crippen LogP contribution in [0.2, 0.25) is 0 Å². The van der Waals surface area contributed by atoms with Crippen molar-refractivity contribution in [2.75, 3.05) is 14.2 Å². The predicted octanol–water partition coefficient (Wildman–Crippen LogP) is 3.54. The van der Waals surface area contributed by atoms with Crippen LogP contribution >= 0.6 is 0 Å². The second-order valence-electron chi connectivity index (χ2n) is 6.51. The summed E-state index contributed by atoms with van der Waals surface area (Å²) in [4.78, 5) is 50.5. The minimum Gasteiger partial charge on any atom is -0.507 e. The van der Waals surface area contributed by atoms with Crippen molar-refractivity contribution in [2.45, 2.75) is 0 Å². The van der Waals surface area contributed by atoms with E-state index in [1.165, 1.54) is 44.6 Å². The minimum atomic E-state index is -1.02. The summed E-state index contributed by atoms with van der Waals surface area (Å²) in [7, 11) is 2.86. The number of carbonyl (C=O) groups excluding carboxylic acids is 4. The molecule has 3 aromatic rings. The maximum atomic E-state index is 12.7. The van der Waals surface area contributed by atoms with Crippen molar-refractivity contribution in [3.8, 4) is 17.2 Å². The van der Waals surface area contributed by atoms with Crippen LogP contribution in [0.1, 0.15) is 41.4 Å². The molecule has 31 heavy (non-hydrogen) atoms. The van der Waals surface area contributed by atoms with Crippen molar-refractivity contribution in [3.05, 3.63) is 89.0 Å². The van der Waals surface area contributed by atoms with Crippen LogP contribution in [0.3, 0.4) is 0 Å². The molecular weight excluding hydrogens is 400 g/mol. The Hall–Kier alpha value is -4.26. The Kier molecular flexibility index (Phi) is 6.26. The van der Waals surface area contributed by atoms with Crippen molar-refractivity contribution < 1.29 is 33.8 Å². The molecule has 0 aliphatic carbocycles. The van der Waals surface area contributed by atoms with Gasteiger partial charge in [-0.1, -0.05) is 24.3 Å². The molecule has 0 atom stereocenters. The average Bonchev–Trinajstić information content (AvgIpc) is 2.82. The predicted molar refractivity (Wildman–Crippen MR) is 111 cm³/mol. The van der Waals surface area contributed by atoms with Crippen LogP contribution in [0.4, 0.5) is 0 Å². The number of ether oxygens (including phenoxy) is 2. The van der Waals surface area contributed by atoms with Crippen LogP contribution in [-0.4, -0.2) is 42.5 Å². The third-order valence-corrected chi connectivity index (χ3v) is 4.58. The summed E-state index contributed by atoms with van der Waals surface area (Å²) < 4.78 is 10.1. The van der Waals surface area contributed by atoms with Crippen molar-refractivity contribution in [1.29, 1.82) is 0 Å². The SMILES string of the molecule is COc1cccc(C(=O)C(=O)c2ccc(O)c(C(=O)C(=O)c3cccc(OC)c3)c2)c1. The molecule has 3 rings (SSSR count). The fraction of sp³-hybridized carbons (Fsp3) is 0.0833. The Morgan fingerprint density at radius 1 is 0.613 bits per heavy atom. The highest BCUT2D eigenvalue weighted by Crippen LogP contribution is 2.23. The number of Topliss-reactive ketones (excluding diaryl/α,β-unsaturated/α-hetero) is 4. The molecule has 0 amide bonds. The molecule has 156 valence electrons. The maximum absolute atomic E-state index is 12.7. The lowest BCUT2D eigenvalue weighted by Gasteiger charge is -2.08. The molecule has 0 spiro atoms. The van der Waals surface area contributed by atoms with E-state index in [1.807, 2.05) is 0 Å². The first-order valence-electron chi connectivity index (χ1n) is 9.15. The third-order valence-electron chi connectivity index (χ3n) is 4.58. The van der Waals surface area contributed by atoms with E-state index in [0.29, 0.717) is 11.5 Å². The zero-order chi connectivity index (χ0) is 22.5. The molecule has 0 saturated heterocycles. The van der Waals surface area contributed by atoms with Gasteiger partial charge < -0.3 is 14.6 Å². The Morgan fingerprint density at radius 2 is 1.06 bits per heavy atom. The fourth-order valence-electron chi connectivity index (χ4n) is 2.90. The molecule has 0 aliphatic rings. The summed E-state index contributed by atoms with van der Waals surface area (Å²) in [5.74, 6) is -3.31. The highest BCUT2D eigenvalue weighted by Gasteiger charge is 2.25. The summed E-state index contributed by atoms with van der Waals surface area (Å²) >= 11 is 0. The van der Waals surface area contributed by atoms with Crippen LogP contribution in [0, 0.1) is 0 Å². The number of methoxy groups -OCH3 is 2. The number of ketones is 4. The number of hydrogen-bond donors (Lipinski definition) is 1. The summed E-state index contributed by atoms with van der Waals surface area (Å²) in [5, 5.41) is 10.1.